The SMILES string of the molecule is CCC1=C(Br)C(=O)NC(N2CCCCC2)=CC1. The molecule has 0 saturated carbocycles. The number of hydrogen-bond acceptors (Lipinski definition) is 2. The fourth-order valence-corrected chi connectivity index (χ4v) is 2.88. The van der Waals surface area contributed by atoms with Gasteiger partial charge in [-0.15, -0.1) is 0 Å². The summed E-state index contributed by atoms with van der Waals surface area (Å²) in [6.45, 7) is 4.21. The summed E-state index contributed by atoms with van der Waals surface area (Å²) in [6.07, 6.45) is 7.68. The molecule has 0 aromatic rings. The molecule has 1 fully saturated rings. The summed E-state index contributed by atoms with van der Waals surface area (Å²) in [7, 11) is 0. The number of nitrogens with zero attached hydrogens (tertiary/aromatic N) is 1. The van der Waals surface area contributed by atoms with Gasteiger partial charge < -0.3 is 10.2 Å². The number of likely N-dealkylation sites (tertiary alicyclic amines) is 1. The van der Waals surface area contributed by atoms with E-state index in [4.69, 9.17) is 0 Å². The third kappa shape index (κ3) is 2.92. The first kappa shape index (κ1) is 12.7. The predicted molar refractivity (Wildman–Crippen MR) is 72.5 cm³/mol. The van der Waals surface area contributed by atoms with Crippen LogP contribution in [-0.4, -0.2) is 23.9 Å². The third-order valence-corrected chi connectivity index (χ3v) is 4.34. The number of carbonyl (C=O) groups is 1. The minimum absolute atomic E-state index is 0.00354. The molecule has 3 nitrogen and oxygen atoms in total. The highest BCUT2D eigenvalue weighted by atomic mass is 79.9. The maximum atomic E-state index is 12.0. The van der Waals surface area contributed by atoms with E-state index in [1.807, 2.05) is 0 Å². The summed E-state index contributed by atoms with van der Waals surface area (Å²) >= 11 is 3.40. The summed E-state index contributed by atoms with van der Waals surface area (Å²) < 4.78 is 0.711. The van der Waals surface area contributed by atoms with E-state index in [1.54, 1.807) is 0 Å². The van der Waals surface area contributed by atoms with Gasteiger partial charge in [0.2, 0.25) is 0 Å². The molecule has 0 bridgehead atoms. The number of halogens is 1. The molecule has 0 atom stereocenters. The van der Waals surface area contributed by atoms with Crippen molar-refractivity contribution in [3.8, 4) is 0 Å². The molecular formula is C13H19BrN2O. The number of hydrogen-bond donors (Lipinski definition) is 1. The lowest BCUT2D eigenvalue weighted by atomic mass is 10.1. The van der Waals surface area contributed by atoms with Gasteiger partial charge >= 0.3 is 0 Å². The van der Waals surface area contributed by atoms with Gasteiger partial charge in [-0.1, -0.05) is 6.92 Å². The summed E-state index contributed by atoms with van der Waals surface area (Å²) in [4.78, 5) is 14.2. The zero-order valence-corrected chi connectivity index (χ0v) is 11.8. The van der Waals surface area contributed by atoms with Crippen molar-refractivity contribution in [1.29, 1.82) is 0 Å². The summed E-state index contributed by atoms with van der Waals surface area (Å²) in [5.41, 5.74) is 1.18. The van der Waals surface area contributed by atoms with Crippen LogP contribution in [0.15, 0.2) is 22.0 Å². The van der Waals surface area contributed by atoms with Crippen LogP contribution in [0.3, 0.4) is 0 Å². The monoisotopic (exact) mass is 298 g/mol. The van der Waals surface area contributed by atoms with Crippen LogP contribution in [0.5, 0.6) is 0 Å². The Hall–Kier alpha value is -0.770. The lowest BCUT2D eigenvalue weighted by Crippen LogP contribution is -2.37. The summed E-state index contributed by atoms with van der Waals surface area (Å²) in [5.74, 6) is 0.992. The predicted octanol–water partition coefficient (Wildman–Crippen LogP) is 2.89. The van der Waals surface area contributed by atoms with Crippen LogP contribution in [0.4, 0.5) is 0 Å². The van der Waals surface area contributed by atoms with Crippen LogP contribution in [0.2, 0.25) is 0 Å². The highest BCUT2D eigenvalue weighted by molar-refractivity contribution is 9.12. The Kier molecular flexibility index (Phi) is 4.26. The standard InChI is InChI=1S/C13H19BrN2O/c1-2-10-6-7-11(15-13(17)12(10)14)16-8-4-3-5-9-16/h7H,2-6,8-9H2,1H3,(H,15,17). The van der Waals surface area contributed by atoms with Crippen LogP contribution in [-0.2, 0) is 4.79 Å². The quantitative estimate of drug-likeness (QED) is 0.850. The number of nitrogens with one attached hydrogen (secondary N) is 1. The van der Waals surface area contributed by atoms with Crippen molar-refractivity contribution in [3.05, 3.63) is 22.0 Å². The van der Waals surface area contributed by atoms with Crippen molar-refractivity contribution in [2.45, 2.75) is 39.0 Å². The average Bonchev–Trinajstić information content (AvgIpc) is 2.51. The minimum Gasteiger partial charge on any atom is -0.358 e. The number of rotatable bonds is 2. The van der Waals surface area contributed by atoms with Gasteiger partial charge in [0, 0.05) is 13.1 Å². The van der Waals surface area contributed by atoms with Crippen molar-refractivity contribution in [2.75, 3.05) is 13.1 Å². The van der Waals surface area contributed by atoms with Gasteiger partial charge in [-0.3, -0.25) is 4.79 Å². The molecule has 0 aliphatic carbocycles. The molecule has 0 spiro atoms. The maximum Gasteiger partial charge on any atom is 0.263 e. The molecule has 1 saturated heterocycles. The molecule has 4 heteroatoms. The number of carbonyl (C=O) groups excluding carboxylic acids is 1. The van der Waals surface area contributed by atoms with E-state index in [1.165, 1.54) is 24.8 Å². The van der Waals surface area contributed by atoms with Gasteiger partial charge in [0.05, 0.1) is 4.48 Å². The van der Waals surface area contributed by atoms with Crippen LogP contribution >= 0.6 is 15.9 Å². The second kappa shape index (κ2) is 5.71. The molecular weight excluding hydrogens is 280 g/mol. The van der Waals surface area contributed by atoms with Crippen molar-refractivity contribution < 1.29 is 4.79 Å². The molecule has 0 radical (unpaired) electrons. The van der Waals surface area contributed by atoms with E-state index in [9.17, 15) is 4.79 Å². The second-order valence-corrected chi connectivity index (χ2v) is 5.36. The van der Waals surface area contributed by atoms with Crippen molar-refractivity contribution >= 4 is 21.8 Å². The van der Waals surface area contributed by atoms with Gasteiger partial charge in [0.25, 0.3) is 5.91 Å². The van der Waals surface area contributed by atoms with Crippen molar-refractivity contribution in [1.82, 2.24) is 10.2 Å². The van der Waals surface area contributed by atoms with Crippen LogP contribution in [0.1, 0.15) is 39.0 Å². The largest absolute Gasteiger partial charge is 0.358 e. The van der Waals surface area contributed by atoms with Crippen LogP contribution in [0.25, 0.3) is 0 Å². The molecule has 0 aromatic heterocycles. The van der Waals surface area contributed by atoms with Crippen molar-refractivity contribution in [3.63, 3.8) is 0 Å². The van der Waals surface area contributed by atoms with Gasteiger partial charge in [-0.2, -0.15) is 0 Å². The van der Waals surface area contributed by atoms with Gasteiger partial charge in [0.1, 0.15) is 5.82 Å². The number of amides is 1. The Morgan fingerprint density at radius 1 is 1.35 bits per heavy atom. The first-order valence-corrected chi connectivity index (χ1v) is 7.15. The average molecular weight is 299 g/mol. The Morgan fingerprint density at radius 3 is 2.71 bits per heavy atom. The van der Waals surface area contributed by atoms with Crippen LogP contribution < -0.4 is 5.32 Å². The highest BCUT2D eigenvalue weighted by Gasteiger charge is 2.20. The van der Waals surface area contributed by atoms with E-state index < -0.39 is 0 Å². The fraction of sp³-hybridized carbons (Fsp3) is 0.615. The van der Waals surface area contributed by atoms with Gasteiger partial charge in [-0.05, 0) is 59.7 Å². The Labute approximate surface area is 111 Å². The van der Waals surface area contributed by atoms with E-state index in [0.717, 1.165) is 31.8 Å². The molecule has 94 valence electrons. The summed E-state index contributed by atoms with van der Waals surface area (Å²) in [6, 6.07) is 0. The summed E-state index contributed by atoms with van der Waals surface area (Å²) in [5, 5.41) is 3.01. The van der Waals surface area contributed by atoms with Gasteiger partial charge in [0.15, 0.2) is 0 Å². The molecule has 1 amide bonds. The topological polar surface area (TPSA) is 32.3 Å². The number of piperidine rings is 1. The zero-order valence-electron chi connectivity index (χ0n) is 10.3. The molecule has 1 N–H and O–H groups in total. The van der Waals surface area contributed by atoms with Crippen molar-refractivity contribution in [2.24, 2.45) is 0 Å². The molecule has 0 unspecified atom stereocenters. The molecule has 2 rings (SSSR count). The van der Waals surface area contributed by atoms with Gasteiger partial charge in [-0.25, -0.2) is 0 Å². The molecule has 2 aliphatic heterocycles. The fourth-order valence-electron chi connectivity index (χ4n) is 2.33. The molecule has 2 aliphatic rings. The van der Waals surface area contributed by atoms with E-state index in [-0.39, 0.29) is 5.91 Å². The maximum absolute atomic E-state index is 12.0. The minimum atomic E-state index is -0.00354. The Morgan fingerprint density at radius 2 is 2.06 bits per heavy atom. The normalized spacial score (nSPS) is 22.1. The zero-order chi connectivity index (χ0) is 12.3. The lowest BCUT2D eigenvalue weighted by Gasteiger charge is -2.30. The second-order valence-electron chi connectivity index (χ2n) is 4.57. The van der Waals surface area contributed by atoms with E-state index in [0.29, 0.717) is 4.48 Å². The molecule has 17 heavy (non-hydrogen) atoms. The highest BCUT2D eigenvalue weighted by Crippen LogP contribution is 2.24. The Balaban J connectivity index is 2.12. The number of allylic oxidation sites excluding steroid dienone is 2. The molecule has 2 heterocycles. The van der Waals surface area contributed by atoms with E-state index in [2.05, 4.69) is 39.1 Å². The first-order valence-electron chi connectivity index (χ1n) is 6.36. The van der Waals surface area contributed by atoms with Crippen LogP contribution in [0, 0.1) is 0 Å². The van der Waals surface area contributed by atoms with E-state index >= 15 is 0 Å². The smallest absolute Gasteiger partial charge is 0.263 e. The third-order valence-electron chi connectivity index (χ3n) is 3.42. The first-order chi connectivity index (χ1) is 8.22. The Bertz CT molecular complexity index is 368. The lowest BCUT2D eigenvalue weighted by molar-refractivity contribution is -0.116. The molecule has 0 aromatic carbocycles.